The van der Waals surface area contributed by atoms with Gasteiger partial charge in [0.25, 0.3) is 5.91 Å². The first kappa shape index (κ1) is 14.6. The summed E-state index contributed by atoms with van der Waals surface area (Å²) < 4.78 is 27.1. The van der Waals surface area contributed by atoms with Crippen molar-refractivity contribution in [1.29, 1.82) is 0 Å². The van der Waals surface area contributed by atoms with E-state index in [1.165, 1.54) is 17.8 Å². The summed E-state index contributed by atoms with van der Waals surface area (Å²) >= 11 is 0. The molecule has 1 heterocycles. The zero-order valence-electron chi connectivity index (χ0n) is 9.70. The molecule has 0 bridgehead atoms. The van der Waals surface area contributed by atoms with Gasteiger partial charge in [-0.05, 0) is 6.07 Å². The minimum atomic E-state index is -3.92. The molecule has 102 valence electrons. The second kappa shape index (κ2) is 5.48. The lowest BCUT2D eigenvalue weighted by Gasteiger charge is -2.12. The van der Waals surface area contributed by atoms with E-state index in [-0.39, 0.29) is 10.6 Å². The Kier molecular flexibility index (Phi) is 4.46. The SMILES string of the molecule is Cn1cc(S(=O)(=O)NC(CO)CO)cc1C(N)=O. The van der Waals surface area contributed by atoms with E-state index in [0.29, 0.717) is 0 Å². The number of carbonyl (C=O) groups excluding carboxylic acids is 1. The Morgan fingerprint density at radius 3 is 2.44 bits per heavy atom. The van der Waals surface area contributed by atoms with Gasteiger partial charge >= 0.3 is 0 Å². The van der Waals surface area contributed by atoms with Gasteiger partial charge in [0.1, 0.15) is 10.6 Å². The number of aromatic nitrogens is 1. The summed E-state index contributed by atoms with van der Waals surface area (Å²) in [5.41, 5.74) is 5.11. The fourth-order valence-corrected chi connectivity index (χ4v) is 2.63. The first-order valence-corrected chi connectivity index (χ1v) is 6.50. The zero-order valence-corrected chi connectivity index (χ0v) is 10.5. The summed E-state index contributed by atoms with van der Waals surface area (Å²) in [5, 5.41) is 17.6. The summed E-state index contributed by atoms with van der Waals surface area (Å²) in [6.45, 7) is -1.07. The molecule has 1 amide bonds. The summed E-state index contributed by atoms with van der Waals surface area (Å²) in [4.78, 5) is 10.8. The molecule has 0 saturated heterocycles. The molecule has 0 aromatic carbocycles. The molecule has 0 aliphatic heterocycles. The number of rotatable bonds is 6. The highest BCUT2D eigenvalue weighted by Crippen LogP contribution is 2.13. The first-order chi connectivity index (χ1) is 8.31. The normalized spacial score (nSPS) is 12.0. The Hall–Kier alpha value is -1.42. The third kappa shape index (κ3) is 3.07. The zero-order chi connectivity index (χ0) is 13.9. The number of aryl methyl sites for hydroxylation is 1. The fraction of sp³-hybridized carbons (Fsp3) is 0.444. The van der Waals surface area contributed by atoms with Crippen LogP contribution in [-0.2, 0) is 17.1 Å². The molecule has 8 nitrogen and oxygen atoms in total. The van der Waals surface area contributed by atoms with E-state index in [9.17, 15) is 13.2 Å². The Balaban J connectivity index is 3.06. The highest BCUT2D eigenvalue weighted by Gasteiger charge is 2.22. The number of nitrogens with two attached hydrogens (primary N) is 1. The molecule has 9 heteroatoms. The van der Waals surface area contributed by atoms with E-state index in [0.717, 1.165) is 6.07 Å². The third-order valence-corrected chi connectivity index (χ3v) is 3.79. The summed E-state index contributed by atoms with van der Waals surface area (Å²) in [6, 6.07) is 0.128. The molecule has 5 N–H and O–H groups in total. The van der Waals surface area contributed by atoms with Gasteiger partial charge in [0.15, 0.2) is 0 Å². The molecule has 1 aromatic heterocycles. The lowest BCUT2D eigenvalue weighted by Crippen LogP contribution is -2.39. The number of nitrogens with zero attached hydrogens (tertiary/aromatic N) is 1. The number of carbonyl (C=O) groups is 1. The summed E-state index contributed by atoms with van der Waals surface area (Å²) in [7, 11) is -2.44. The lowest BCUT2D eigenvalue weighted by molar-refractivity contribution is 0.0992. The van der Waals surface area contributed by atoms with Crippen molar-refractivity contribution in [2.45, 2.75) is 10.9 Å². The van der Waals surface area contributed by atoms with Gasteiger partial charge in [-0.25, -0.2) is 13.1 Å². The van der Waals surface area contributed by atoms with Crippen molar-refractivity contribution in [3.05, 3.63) is 18.0 Å². The third-order valence-electron chi connectivity index (χ3n) is 2.31. The number of aliphatic hydroxyl groups is 2. The predicted molar refractivity (Wildman–Crippen MR) is 62.2 cm³/mol. The molecular weight excluding hydrogens is 262 g/mol. The van der Waals surface area contributed by atoms with Crippen LogP contribution in [0.3, 0.4) is 0 Å². The van der Waals surface area contributed by atoms with Crippen LogP contribution in [0.1, 0.15) is 10.5 Å². The maximum absolute atomic E-state index is 11.8. The van der Waals surface area contributed by atoms with Gasteiger partial charge in [-0.2, -0.15) is 0 Å². The van der Waals surface area contributed by atoms with Crippen molar-refractivity contribution in [3.8, 4) is 0 Å². The van der Waals surface area contributed by atoms with E-state index in [4.69, 9.17) is 15.9 Å². The minimum absolute atomic E-state index is 0.0416. The van der Waals surface area contributed by atoms with Crippen molar-refractivity contribution < 1.29 is 23.4 Å². The van der Waals surface area contributed by atoms with Crippen LogP contribution >= 0.6 is 0 Å². The molecule has 0 atom stereocenters. The van der Waals surface area contributed by atoms with E-state index in [1.807, 2.05) is 0 Å². The first-order valence-electron chi connectivity index (χ1n) is 5.02. The molecule has 0 saturated carbocycles. The topological polar surface area (TPSA) is 135 Å². The number of primary amides is 1. The van der Waals surface area contributed by atoms with Crippen molar-refractivity contribution in [2.24, 2.45) is 12.8 Å². The Labute approximate surface area is 104 Å². The van der Waals surface area contributed by atoms with Crippen LogP contribution in [0.15, 0.2) is 17.2 Å². The lowest BCUT2D eigenvalue weighted by atomic mass is 10.4. The van der Waals surface area contributed by atoms with E-state index in [2.05, 4.69) is 4.72 Å². The molecule has 0 aliphatic carbocycles. The minimum Gasteiger partial charge on any atom is -0.395 e. The van der Waals surface area contributed by atoms with Gasteiger partial charge in [-0.3, -0.25) is 4.79 Å². The maximum Gasteiger partial charge on any atom is 0.265 e. The van der Waals surface area contributed by atoms with Crippen LogP contribution in [0, 0.1) is 0 Å². The Morgan fingerprint density at radius 1 is 1.50 bits per heavy atom. The number of amides is 1. The predicted octanol–water partition coefficient (Wildman–Crippen LogP) is -2.24. The monoisotopic (exact) mass is 277 g/mol. The molecule has 1 aromatic rings. The number of hydrogen-bond donors (Lipinski definition) is 4. The van der Waals surface area contributed by atoms with Crippen molar-refractivity contribution in [2.75, 3.05) is 13.2 Å². The molecule has 18 heavy (non-hydrogen) atoms. The van der Waals surface area contributed by atoms with Gasteiger partial charge < -0.3 is 20.5 Å². The summed E-state index contributed by atoms with van der Waals surface area (Å²) in [6.07, 6.45) is 1.22. The van der Waals surface area contributed by atoms with Crippen LogP contribution in [0.5, 0.6) is 0 Å². The second-order valence-corrected chi connectivity index (χ2v) is 5.43. The Morgan fingerprint density at radius 2 is 2.06 bits per heavy atom. The fourth-order valence-electron chi connectivity index (χ4n) is 1.35. The number of hydrogen-bond acceptors (Lipinski definition) is 5. The van der Waals surface area contributed by atoms with Crippen molar-refractivity contribution in [1.82, 2.24) is 9.29 Å². The van der Waals surface area contributed by atoms with Crippen LogP contribution in [-0.4, -0.2) is 48.4 Å². The average molecular weight is 277 g/mol. The average Bonchev–Trinajstić information content (AvgIpc) is 2.69. The maximum atomic E-state index is 11.8. The molecule has 0 spiro atoms. The van der Waals surface area contributed by atoms with E-state index < -0.39 is 35.2 Å². The summed E-state index contributed by atoms with van der Waals surface area (Å²) in [5.74, 6) is -0.750. The number of aliphatic hydroxyl groups excluding tert-OH is 2. The number of sulfonamides is 1. The van der Waals surface area contributed by atoms with E-state index in [1.54, 1.807) is 0 Å². The van der Waals surface area contributed by atoms with Crippen molar-refractivity contribution in [3.63, 3.8) is 0 Å². The Bertz CT molecular complexity index is 532. The highest BCUT2D eigenvalue weighted by molar-refractivity contribution is 7.89. The number of nitrogens with one attached hydrogen (secondary N) is 1. The smallest absolute Gasteiger partial charge is 0.265 e. The van der Waals surface area contributed by atoms with Gasteiger partial charge in [-0.1, -0.05) is 0 Å². The van der Waals surface area contributed by atoms with Crippen LogP contribution in [0.2, 0.25) is 0 Å². The van der Waals surface area contributed by atoms with Crippen molar-refractivity contribution >= 4 is 15.9 Å². The molecular formula is C9H15N3O5S. The van der Waals surface area contributed by atoms with Crippen LogP contribution in [0.25, 0.3) is 0 Å². The molecule has 0 fully saturated rings. The quantitative estimate of drug-likeness (QED) is 0.466. The van der Waals surface area contributed by atoms with Gasteiger partial charge in [0, 0.05) is 13.2 Å². The van der Waals surface area contributed by atoms with Gasteiger partial charge in [-0.15, -0.1) is 0 Å². The van der Waals surface area contributed by atoms with Crippen LogP contribution < -0.4 is 10.5 Å². The molecule has 0 unspecified atom stereocenters. The largest absolute Gasteiger partial charge is 0.395 e. The van der Waals surface area contributed by atoms with Gasteiger partial charge in [0.05, 0.1) is 19.3 Å². The molecule has 1 rings (SSSR count). The second-order valence-electron chi connectivity index (χ2n) is 3.72. The highest BCUT2D eigenvalue weighted by atomic mass is 32.2. The van der Waals surface area contributed by atoms with E-state index >= 15 is 0 Å². The van der Waals surface area contributed by atoms with Crippen LogP contribution in [0.4, 0.5) is 0 Å². The van der Waals surface area contributed by atoms with Gasteiger partial charge in [0.2, 0.25) is 10.0 Å². The standard InChI is InChI=1S/C9H15N3O5S/c1-12-3-7(2-8(12)9(10)15)18(16,17)11-6(4-13)5-14/h2-3,6,11,13-14H,4-5H2,1H3,(H2,10,15). The molecule has 0 aliphatic rings. The molecule has 0 radical (unpaired) electrons.